The fraction of sp³-hybridized carbons (Fsp3) is 0.333. The van der Waals surface area contributed by atoms with Gasteiger partial charge in [0.15, 0.2) is 0 Å². The van der Waals surface area contributed by atoms with Crippen molar-refractivity contribution in [2.45, 2.75) is 37.5 Å². The summed E-state index contributed by atoms with van der Waals surface area (Å²) >= 11 is 0. The van der Waals surface area contributed by atoms with E-state index in [0.717, 1.165) is 11.1 Å². The van der Waals surface area contributed by atoms with Gasteiger partial charge in [-0.3, -0.25) is 9.78 Å². The number of pyridine rings is 1. The predicted molar refractivity (Wildman–Crippen MR) is 81.3 cm³/mol. The zero-order valence-electron chi connectivity index (χ0n) is 12.1. The highest BCUT2D eigenvalue weighted by Crippen LogP contribution is 2.40. The van der Waals surface area contributed by atoms with Crippen molar-refractivity contribution in [3.05, 3.63) is 65.5 Å². The molecule has 0 spiro atoms. The van der Waals surface area contributed by atoms with Crippen LogP contribution in [0.5, 0.6) is 0 Å². The van der Waals surface area contributed by atoms with Crippen LogP contribution in [0.4, 0.5) is 0 Å². The molecule has 0 bridgehead atoms. The van der Waals surface area contributed by atoms with Crippen molar-refractivity contribution in [1.29, 1.82) is 0 Å². The van der Waals surface area contributed by atoms with Crippen molar-refractivity contribution < 1.29 is 9.90 Å². The summed E-state index contributed by atoms with van der Waals surface area (Å²) in [6.07, 6.45) is 6.38. The lowest BCUT2D eigenvalue weighted by Gasteiger charge is -2.25. The van der Waals surface area contributed by atoms with Crippen LogP contribution in [0.2, 0.25) is 0 Å². The molecule has 1 aromatic carbocycles. The zero-order valence-corrected chi connectivity index (χ0v) is 12.1. The van der Waals surface area contributed by atoms with Crippen LogP contribution in [0, 0.1) is 0 Å². The van der Waals surface area contributed by atoms with Crippen molar-refractivity contribution in [2.24, 2.45) is 0 Å². The second kappa shape index (κ2) is 5.32. The number of rotatable bonds is 5. The molecular weight excluding hydrogens is 262 g/mol. The van der Waals surface area contributed by atoms with Crippen molar-refractivity contribution >= 4 is 5.97 Å². The van der Waals surface area contributed by atoms with E-state index in [1.807, 2.05) is 24.3 Å². The van der Waals surface area contributed by atoms with Crippen LogP contribution < -0.4 is 0 Å². The number of carboxylic acids is 1. The van der Waals surface area contributed by atoms with Crippen LogP contribution in [-0.4, -0.2) is 16.1 Å². The Hall–Kier alpha value is -2.16. The molecule has 21 heavy (non-hydrogen) atoms. The summed E-state index contributed by atoms with van der Waals surface area (Å²) < 4.78 is 0. The number of hydrogen-bond acceptors (Lipinski definition) is 2. The Bertz CT molecular complexity index is 632. The summed E-state index contributed by atoms with van der Waals surface area (Å²) in [4.78, 5) is 15.8. The highest BCUT2D eigenvalue weighted by molar-refractivity contribution is 5.81. The second-order valence-corrected chi connectivity index (χ2v) is 6.07. The predicted octanol–water partition coefficient (Wildman–Crippen LogP) is 3.54. The van der Waals surface area contributed by atoms with E-state index in [4.69, 9.17) is 0 Å². The van der Waals surface area contributed by atoms with Crippen molar-refractivity contribution in [2.75, 3.05) is 0 Å². The molecule has 1 fully saturated rings. The molecule has 1 N–H and O–H groups in total. The maximum Gasteiger partial charge on any atom is 0.314 e. The van der Waals surface area contributed by atoms with Crippen LogP contribution in [0.3, 0.4) is 0 Å². The molecule has 3 nitrogen and oxygen atoms in total. The van der Waals surface area contributed by atoms with Crippen LogP contribution in [-0.2, 0) is 16.6 Å². The first kappa shape index (κ1) is 13.8. The van der Waals surface area contributed by atoms with Gasteiger partial charge in [-0.2, -0.15) is 0 Å². The Morgan fingerprint density at radius 2 is 1.81 bits per heavy atom. The number of aliphatic carboxylic acids is 1. The molecule has 108 valence electrons. The molecule has 3 rings (SSSR count). The number of carboxylic acid groups (broad SMARTS) is 1. The quantitative estimate of drug-likeness (QED) is 0.912. The summed E-state index contributed by atoms with van der Waals surface area (Å²) in [6, 6.07) is 11.9. The fourth-order valence-corrected chi connectivity index (χ4v) is 2.75. The third kappa shape index (κ3) is 2.82. The number of nitrogens with zero attached hydrogens (tertiary/aromatic N) is 1. The topological polar surface area (TPSA) is 50.2 Å². The molecule has 0 amide bonds. The summed E-state index contributed by atoms with van der Waals surface area (Å²) in [7, 11) is 0. The lowest BCUT2D eigenvalue weighted by atomic mass is 9.77. The SMILES string of the molecule is CC(Cc1ccncc1)(C(=O)O)c1ccc(C2CC2)cc1. The van der Waals surface area contributed by atoms with Crippen LogP contribution >= 0.6 is 0 Å². The second-order valence-electron chi connectivity index (χ2n) is 6.07. The lowest BCUT2D eigenvalue weighted by molar-refractivity contribution is -0.143. The summed E-state index contributed by atoms with van der Waals surface area (Å²) in [5.74, 6) is -0.103. The van der Waals surface area contributed by atoms with Gasteiger partial charge >= 0.3 is 5.97 Å². The Balaban J connectivity index is 1.90. The van der Waals surface area contributed by atoms with Gasteiger partial charge in [0, 0.05) is 12.4 Å². The van der Waals surface area contributed by atoms with Crippen molar-refractivity contribution in [3.8, 4) is 0 Å². The van der Waals surface area contributed by atoms with E-state index < -0.39 is 11.4 Å². The molecule has 1 aliphatic carbocycles. The first-order valence-corrected chi connectivity index (χ1v) is 7.32. The molecule has 1 heterocycles. The molecular formula is C18H19NO2. The third-order valence-corrected chi connectivity index (χ3v) is 4.38. The van der Waals surface area contributed by atoms with Gasteiger partial charge < -0.3 is 5.11 Å². The maximum atomic E-state index is 11.8. The van der Waals surface area contributed by atoms with Crippen LogP contribution in [0.25, 0.3) is 0 Å². The van der Waals surface area contributed by atoms with Gasteiger partial charge in [0.05, 0.1) is 5.41 Å². The highest BCUT2D eigenvalue weighted by Gasteiger charge is 2.35. The van der Waals surface area contributed by atoms with Gasteiger partial charge in [0.1, 0.15) is 0 Å². The molecule has 1 saturated carbocycles. The molecule has 0 saturated heterocycles. The third-order valence-electron chi connectivity index (χ3n) is 4.38. The Labute approximate surface area is 124 Å². The van der Waals surface area contributed by atoms with E-state index in [1.54, 1.807) is 19.3 Å². The molecule has 1 aliphatic rings. The molecule has 1 atom stereocenters. The number of benzene rings is 1. The van der Waals surface area contributed by atoms with Crippen LogP contribution in [0.1, 0.15) is 42.4 Å². The summed E-state index contributed by atoms with van der Waals surface area (Å²) in [5.41, 5.74) is 2.26. The smallest absolute Gasteiger partial charge is 0.314 e. The van der Waals surface area contributed by atoms with E-state index in [1.165, 1.54) is 18.4 Å². The van der Waals surface area contributed by atoms with E-state index in [9.17, 15) is 9.90 Å². The van der Waals surface area contributed by atoms with Crippen molar-refractivity contribution in [1.82, 2.24) is 4.98 Å². The number of hydrogen-bond donors (Lipinski definition) is 1. The minimum Gasteiger partial charge on any atom is -0.481 e. The Morgan fingerprint density at radius 1 is 1.19 bits per heavy atom. The van der Waals surface area contributed by atoms with Gasteiger partial charge in [0.2, 0.25) is 0 Å². The summed E-state index contributed by atoms with van der Waals surface area (Å²) in [5, 5.41) is 9.72. The van der Waals surface area contributed by atoms with Gasteiger partial charge in [-0.25, -0.2) is 0 Å². The van der Waals surface area contributed by atoms with Gasteiger partial charge in [-0.1, -0.05) is 24.3 Å². The molecule has 0 aliphatic heterocycles. The Kier molecular flexibility index (Phi) is 3.50. The Morgan fingerprint density at radius 3 is 2.33 bits per heavy atom. The molecule has 3 heteroatoms. The van der Waals surface area contributed by atoms with E-state index in [2.05, 4.69) is 17.1 Å². The van der Waals surface area contributed by atoms with Gasteiger partial charge in [-0.15, -0.1) is 0 Å². The normalized spacial score (nSPS) is 17.2. The minimum atomic E-state index is -0.913. The largest absolute Gasteiger partial charge is 0.481 e. The van der Waals surface area contributed by atoms with Crippen molar-refractivity contribution in [3.63, 3.8) is 0 Å². The van der Waals surface area contributed by atoms with E-state index in [-0.39, 0.29) is 0 Å². The van der Waals surface area contributed by atoms with Gasteiger partial charge in [0.25, 0.3) is 0 Å². The first-order chi connectivity index (χ1) is 10.1. The van der Waals surface area contributed by atoms with E-state index in [0.29, 0.717) is 12.3 Å². The molecule has 2 aromatic rings. The zero-order chi connectivity index (χ0) is 14.9. The van der Waals surface area contributed by atoms with E-state index >= 15 is 0 Å². The fourth-order valence-electron chi connectivity index (χ4n) is 2.75. The number of carbonyl (C=O) groups is 1. The highest BCUT2D eigenvalue weighted by atomic mass is 16.4. The summed E-state index contributed by atoms with van der Waals surface area (Å²) in [6.45, 7) is 1.79. The lowest BCUT2D eigenvalue weighted by Crippen LogP contribution is -2.34. The van der Waals surface area contributed by atoms with Crippen LogP contribution in [0.15, 0.2) is 48.8 Å². The molecule has 1 unspecified atom stereocenters. The molecule has 1 aromatic heterocycles. The molecule has 0 radical (unpaired) electrons. The minimum absolute atomic E-state index is 0.466. The monoisotopic (exact) mass is 281 g/mol. The number of aromatic nitrogens is 1. The average Bonchev–Trinajstić information content (AvgIpc) is 3.33. The average molecular weight is 281 g/mol. The maximum absolute atomic E-state index is 11.8. The van der Waals surface area contributed by atoms with Gasteiger partial charge in [-0.05, 0) is 60.9 Å². The first-order valence-electron chi connectivity index (χ1n) is 7.32. The standard InChI is InChI=1S/C18H19NO2/c1-18(17(20)21,12-13-8-10-19-11-9-13)16-6-4-15(5-7-16)14-2-3-14/h4-11,14H,2-3,12H2,1H3,(H,20,21).